The summed E-state index contributed by atoms with van der Waals surface area (Å²) in [6.07, 6.45) is 3.40. The van der Waals surface area contributed by atoms with Gasteiger partial charge in [0.25, 0.3) is 5.95 Å². The molecule has 0 unspecified atom stereocenters. The lowest BCUT2D eigenvalue weighted by molar-refractivity contribution is 0.414. The molecule has 0 saturated heterocycles. The van der Waals surface area contributed by atoms with Crippen LogP contribution >= 0.6 is 11.8 Å². The van der Waals surface area contributed by atoms with Gasteiger partial charge in [-0.1, -0.05) is 0 Å². The quantitative estimate of drug-likeness (QED) is 0.785. The van der Waals surface area contributed by atoms with Gasteiger partial charge in [0.15, 0.2) is 5.16 Å². The number of anilines is 1. The highest BCUT2D eigenvalue weighted by atomic mass is 32.2. The van der Waals surface area contributed by atoms with Crippen molar-refractivity contribution in [3.05, 3.63) is 42.7 Å². The van der Waals surface area contributed by atoms with Gasteiger partial charge in [-0.25, -0.2) is 4.68 Å². The van der Waals surface area contributed by atoms with Gasteiger partial charge in [-0.05, 0) is 42.1 Å². The zero-order valence-electron chi connectivity index (χ0n) is 11.2. The first-order valence-corrected chi connectivity index (χ1v) is 6.90. The minimum Gasteiger partial charge on any atom is -0.497 e. The van der Waals surface area contributed by atoms with Crippen LogP contribution in [0.5, 0.6) is 5.75 Å². The van der Waals surface area contributed by atoms with E-state index in [1.807, 2.05) is 24.3 Å². The Hall–Kier alpha value is -2.61. The Labute approximate surface area is 125 Å². The molecule has 0 spiro atoms. The standard InChI is InChI=1S/C13H12N6OS/c1-20-9-3-5-10(6-4-9)21-13-17-11(14)16-12(18-13)19-8-2-7-15-19/h2-8H,1H3,(H2,14,16,17,18). The molecule has 1 aromatic carbocycles. The van der Waals surface area contributed by atoms with Gasteiger partial charge in [0.1, 0.15) is 5.75 Å². The first-order valence-electron chi connectivity index (χ1n) is 6.08. The summed E-state index contributed by atoms with van der Waals surface area (Å²) in [7, 11) is 1.63. The topological polar surface area (TPSA) is 91.7 Å². The summed E-state index contributed by atoms with van der Waals surface area (Å²) in [4.78, 5) is 13.5. The lowest BCUT2D eigenvalue weighted by Crippen LogP contribution is -2.07. The number of aromatic nitrogens is 5. The van der Waals surface area contributed by atoms with Crippen molar-refractivity contribution in [1.82, 2.24) is 24.7 Å². The van der Waals surface area contributed by atoms with E-state index in [4.69, 9.17) is 10.5 Å². The van der Waals surface area contributed by atoms with E-state index in [0.29, 0.717) is 11.1 Å². The van der Waals surface area contributed by atoms with Gasteiger partial charge < -0.3 is 10.5 Å². The molecule has 2 aromatic heterocycles. The molecule has 2 N–H and O–H groups in total. The average Bonchev–Trinajstić information content (AvgIpc) is 3.02. The molecule has 0 aliphatic heterocycles. The average molecular weight is 300 g/mol. The van der Waals surface area contributed by atoms with Crippen LogP contribution in [0.3, 0.4) is 0 Å². The molecule has 8 heteroatoms. The van der Waals surface area contributed by atoms with Gasteiger partial charge in [-0.3, -0.25) is 0 Å². The van der Waals surface area contributed by atoms with Crippen LogP contribution in [-0.2, 0) is 0 Å². The molecule has 0 atom stereocenters. The van der Waals surface area contributed by atoms with Gasteiger partial charge in [0.2, 0.25) is 5.95 Å². The number of benzene rings is 1. The molecule has 0 aliphatic carbocycles. The van der Waals surface area contributed by atoms with E-state index in [-0.39, 0.29) is 5.95 Å². The first kappa shape index (κ1) is 13.4. The highest BCUT2D eigenvalue weighted by molar-refractivity contribution is 7.99. The molecule has 3 aromatic rings. The third kappa shape index (κ3) is 3.11. The van der Waals surface area contributed by atoms with Crippen molar-refractivity contribution < 1.29 is 4.74 Å². The molecule has 2 heterocycles. The summed E-state index contributed by atoms with van der Waals surface area (Å²) < 4.78 is 6.66. The zero-order valence-corrected chi connectivity index (χ0v) is 12.0. The highest BCUT2D eigenvalue weighted by Gasteiger charge is 2.08. The highest BCUT2D eigenvalue weighted by Crippen LogP contribution is 2.26. The summed E-state index contributed by atoms with van der Waals surface area (Å²) in [6, 6.07) is 9.40. The van der Waals surface area contributed by atoms with Crippen molar-refractivity contribution in [2.24, 2.45) is 0 Å². The smallest absolute Gasteiger partial charge is 0.256 e. The lowest BCUT2D eigenvalue weighted by Gasteiger charge is -2.05. The number of nitrogens with two attached hydrogens (primary N) is 1. The van der Waals surface area contributed by atoms with E-state index >= 15 is 0 Å². The molecule has 0 bridgehead atoms. The number of nitrogens with zero attached hydrogens (tertiary/aromatic N) is 5. The maximum absolute atomic E-state index is 5.73. The minimum atomic E-state index is 0.159. The van der Waals surface area contributed by atoms with Crippen LogP contribution < -0.4 is 10.5 Å². The second-order valence-electron chi connectivity index (χ2n) is 4.00. The molecule has 0 aliphatic rings. The fourth-order valence-electron chi connectivity index (χ4n) is 1.65. The van der Waals surface area contributed by atoms with Crippen molar-refractivity contribution in [3.8, 4) is 11.7 Å². The number of methoxy groups -OCH3 is 1. The summed E-state index contributed by atoms with van der Waals surface area (Å²) >= 11 is 1.39. The van der Waals surface area contributed by atoms with Crippen LogP contribution in [-0.4, -0.2) is 31.8 Å². The predicted molar refractivity (Wildman–Crippen MR) is 78.5 cm³/mol. The van der Waals surface area contributed by atoms with Crippen molar-refractivity contribution >= 4 is 17.7 Å². The fourth-order valence-corrected chi connectivity index (χ4v) is 2.39. The van der Waals surface area contributed by atoms with Crippen LogP contribution in [0, 0.1) is 0 Å². The van der Waals surface area contributed by atoms with Crippen LogP contribution in [0.1, 0.15) is 0 Å². The van der Waals surface area contributed by atoms with E-state index in [9.17, 15) is 0 Å². The molecule has 106 valence electrons. The molecule has 0 saturated carbocycles. The Morgan fingerprint density at radius 2 is 1.95 bits per heavy atom. The van der Waals surface area contributed by atoms with E-state index in [0.717, 1.165) is 10.6 Å². The van der Waals surface area contributed by atoms with Gasteiger partial charge in [-0.2, -0.15) is 20.1 Å². The Kier molecular flexibility index (Phi) is 3.69. The normalized spacial score (nSPS) is 10.5. The van der Waals surface area contributed by atoms with E-state index in [1.54, 1.807) is 25.6 Å². The number of hydrogen-bond acceptors (Lipinski definition) is 7. The van der Waals surface area contributed by atoms with Crippen LogP contribution in [0.2, 0.25) is 0 Å². The second-order valence-corrected chi connectivity index (χ2v) is 5.05. The SMILES string of the molecule is COc1ccc(Sc2nc(N)nc(-n3cccn3)n2)cc1. The van der Waals surface area contributed by atoms with Crippen molar-refractivity contribution in [3.63, 3.8) is 0 Å². The monoisotopic (exact) mass is 300 g/mol. The fraction of sp³-hybridized carbons (Fsp3) is 0.0769. The molecule has 21 heavy (non-hydrogen) atoms. The number of hydrogen-bond donors (Lipinski definition) is 1. The third-order valence-electron chi connectivity index (χ3n) is 2.60. The molecule has 0 fully saturated rings. The molecule has 7 nitrogen and oxygen atoms in total. The van der Waals surface area contributed by atoms with Gasteiger partial charge in [-0.15, -0.1) is 0 Å². The number of rotatable bonds is 4. The van der Waals surface area contributed by atoms with Crippen molar-refractivity contribution in [2.75, 3.05) is 12.8 Å². The van der Waals surface area contributed by atoms with Crippen molar-refractivity contribution in [1.29, 1.82) is 0 Å². The Morgan fingerprint density at radius 3 is 2.62 bits per heavy atom. The third-order valence-corrected chi connectivity index (χ3v) is 3.47. The Bertz CT molecular complexity index is 729. The van der Waals surface area contributed by atoms with Gasteiger partial charge in [0.05, 0.1) is 7.11 Å². The van der Waals surface area contributed by atoms with Crippen molar-refractivity contribution in [2.45, 2.75) is 10.1 Å². The van der Waals surface area contributed by atoms with E-state index in [2.05, 4.69) is 20.1 Å². The van der Waals surface area contributed by atoms with Gasteiger partial charge >= 0.3 is 0 Å². The number of nitrogen functional groups attached to an aromatic ring is 1. The largest absolute Gasteiger partial charge is 0.497 e. The second kappa shape index (κ2) is 5.80. The van der Waals surface area contributed by atoms with E-state index < -0.39 is 0 Å². The molecule has 3 rings (SSSR count). The minimum absolute atomic E-state index is 0.159. The zero-order chi connectivity index (χ0) is 14.7. The Balaban J connectivity index is 1.88. The Morgan fingerprint density at radius 1 is 1.14 bits per heavy atom. The molecule has 0 amide bonds. The summed E-state index contributed by atoms with van der Waals surface area (Å²) in [5, 5.41) is 4.59. The summed E-state index contributed by atoms with van der Waals surface area (Å²) in [6.45, 7) is 0. The lowest BCUT2D eigenvalue weighted by atomic mass is 10.3. The molecule has 0 radical (unpaired) electrons. The first-order chi connectivity index (χ1) is 10.2. The number of ether oxygens (including phenoxy) is 1. The van der Waals surface area contributed by atoms with Gasteiger partial charge in [0, 0.05) is 17.3 Å². The summed E-state index contributed by atoms with van der Waals surface area (Å²) in [5.41, 5.74) is 5.73. The van der Waals surface area contributed by atoms with Crippen LogP contribution in [0.25, 0.3) is 5.95 Å². The predicted octanol–water partition coefficient (Wildman–Crippen LogP) is 1.80. The van der Waals surface area contributed by atoms with Crippen LogP contribution in [0.4, 0.5) is 5.95 Å². The van der Waals surface area contributed by atoms with Crippen LogP contribution in [0.15, 0.2) is 52.8 Å². The molecular weight excluding hydrogens is 288 g/mol. The maximum Gasteiger partial charge on any atom is 0.256 e. The van der Waals surface area contributed by atoms with E-state index in [1.165, 1.54) is 16.4 Å². The maximum atomic E-state index is 5.73. The summed E-state index contributed by atoms with van der Waals surface area (Å²) in [5.74, 6) is 1.35. The molecular formula is C13H12N6OS.